The van der Waals surface area contributed by atoms with Gasteiger partial charge >= 0.3 is 0 Å². The molecule has 2 atom stereocenters. The number of hydrogen-bond donors (Lipinski definition) is 1. The first-order valence-electron chi connectivity index (χ1n) is 6.00. The van der Waals surface area contributed by atoms with Gasteiger partial charge in [-0.15, -0.1) is 0 Å². The second kappa shape index (κ2) is 5.82. The van der Waals surface area contributed by atoms with Crippen LogP contribution in [-0.2, 0) is 14.6 Å². The Hall–Kier alpha value is -0.620. The number of carbonyl (C=O) groups excluding carboxylic acids is 1. The van der Waals surface area contributed by atoms with Crippen molar-refractivity contribution in [3.05, 3.63) is 0 Å². The minimum atomic E-state index is -3.07. The van der Waals surface area contributed by atoms with Gasteiger partial charge in [-0.2, -0.15) is 0 Å². The fraction of sp³-hybridized carbons (Fsp3) is 0.909. The lowest BCUT2D eigenvalue weighted by Gasteiger charge is -2.38. The average Bonchev–Trinajstić information content (AvgIpc) is 2.24. The highest BCUT2D eigenvalue weighted by Crippen LogP contribution is 2.22. The van der Waals surface area contributed by atoms with E-state index in [0.717, 1.165) is 19.1 Å². The van der Waals surface area contributed by atoms with E-state index in [0.29, 0.717) is 19.0 Å². The van der Waals surface area contributed by atoms with Crippen molar-refractivity contribution < 1.29 is 13.2 Å². The van der Waals surface area contributed by atoms with Gasteiger partial charge in [0.2, 0.25) is 5.91 Å². The molecule has 0 bridgehead atoms. The van der Waals surface area contributed by atoms with E-state index < -0.39 is 9.84 Å². The third-order valence-corrected chi connectivity index (χ3v) is 4.20. The van der Waals surface area contributed by atoms with E-state index in [1.165, 1.54) is 0 Å². The van der Waals surface area contributed by atoms with Crippen LogP contribution in [0.2, 0.25) is 0 Å². The lowest BCUT2D eigenvalue weighted by Crippen LogP contribution is -2.49. The first kappa shape index (κ1) is 14.4. The molecule has 1 saturated heterocycles. The molecule has 1 rings (SSSR count). The standard InChI is InChI=1S/C11H22N2O3S/c1-9-3-5-13(10(7-9)8-12)11(14)4-6-17(2,15)16/h9-10H,3-8,12H2,1-2H3. The molecule has 0 aromatic carbocycles. The predicted octanol–water partition coefficient (Wildman–Crippen LogP) is 0.00690. The third-order valence-electron chi connectivity index (χ3n) is 3.26. The van der Waals surface area contributed by atoms with Gasteiger partial charge in [0.05, 0.1) is 5.75 Å². The van der Waals surface area contributed by atoms with Crippen LogP contribution < -0.4 is 5.73 Å². The molecule has 1 aliphatic rings. The Bertz CT molecular complexity index is 367. The van der Waals surface area contributed by atoms with Crippen LogP contribution in [0.25, 0.3) is 0 Å². The van der Waals surface area contributed by atoms with E-state index in [4.69, 9.17) is 5.73 Å². The molecular formula is C11H22N2O3S. The van der Waals surface area contributed by atoms with Crippen molar-refractivity contribution >= 4 is 15.7 Å². The van der Waals surface area contributed by atoms with Crippen LogP contribution in [0.15, 0.2) is 0 Å². The highest BCUT2D eigenvalue weighted by molar-refractivity contribution is 7.90. The predicted molar refractivity (Wildman–Crippen MR) is 67.3 cm³/mol. The number of rotatable bonds is 4. The summed E-state index contributed by atoms with van der Waals surface area (Å²) < 4.78 is 22.1. The molecule has 0 aliphatic carbocycles. The summed E-state index contributed by atoms with van der Waals surface area (Å²) in [5.74, 6) is 0.426. The Morgan fingerprint density at radius 3 is 2.65 bits per heavy atom. The zero-order valence-electron chi connectivity index (χ0n) is 10.6. The molecule has 1 fully saturated rings. The lowest BCUT2D eigenvalue weighted by atomic mass is 9.92. The zero-order valence-corrected chi connectivity index (χ0v) is 11.4. The SMILES string of the molecule is CC1CCN(C(=O)CCS(C)(=O)=O)C(CN)C1. The number of likely N-dealkylation sites (tertiary alicyclic amines) is 1. The van der Waals surface area contributed by atoms with Gasteiger partial charge in [0, 0.05) is 31.8 Å². The quantitative estimate of drug-likeness (QED) is 0.773. The Kier molecular flexibility index (Phi) is 4.94. The van der Waals surface area contributed by atoms with Crippen LogP contribution in [0.1, 0.15) is 26.2 Å². The molecule has 100 valence electrons. The maximum absolute atomic E-state index is 11.9. The number of piperidine rings is 1. The van der Waals surface area contributed by atoms with Crippen molar-refractivity contribution in [1.29, 1.82) is 0 Å². The smallest absolute Gasteiger partial charge is 0.223 e. The molecular weight excluding hydrogens is 240 g/mol. The first-order chi connectivity index (χ1) is 7.83. The van der Waals surface area contributed by atoms with Crippen molar-refractivity contribution in [2.75, 3.05) is 25.1 Å². The highest BCUT2D eigenvalue weighted by atomic mass is 32.2. The van der Waals surface area contributed by atoms with Gasteiger partial charge in [0.25, 0.3) is 0 Å². The minimum absolute atomic E-state index is 0.0731. The van der Waals surface area contributed by atoms with Crippen molar-refractivity contribution in [3.8, 4) is 0 Å². The molecule has 1 aliphatic heterocycles. The molecule has 1 heterocycles. The van der Waals surface area contributed by atoms with E-state index in [-0.39, 0.29) is 24.1 Å². The molecule has 0 radical (unpaired) electrons. The largest absolute Gasteiger partial charge is 0.338 e. The summed E-state index contributed by atoms with van der Waals surface area (Å²) in [5.41, 5.74) is 5.66. The molecule has 2 unspecified atom stereocenters. The van der Waals surface area contributed by atoms with E-state index in [1.807, 2.05) is 0 Å². The van der Waals surface area contributed by atoms with Crippen LogP contribution in [0, 0.1) is 5.92 Å². The number of sulfone groups is 1. The minimum Gasteiger partial charge on any atom is -0.338 e. The van der Waals surface area contributed by atoms with Crippen LogP contribution in [0.3, 0.4) is 0 Å². The molecule has 0 aromatic rings. The number of amides is 1. The molecule has 0 aromatic heterocycles. The first-order valence-corrected chi connectivity index (χ1v) is 8.07. The molecule has 0 saturated carbocycles. The van der Waals surface area contributed by atoms with Crippen LogP contribution in [-0.4, -0.2) is 50.4 Å². The summed E-state index contributed by atoms with van der Waals surface area (Å²) in [7, 11) is -3.07. The summed E-state index contributed by atoms with van der Waals surface area (Å²) in [6.07, 6.45) is 3.12. The fourth-order valence-corrected chi connectivity index (χ4v) is 2.77. The van der Waals surface area contributed by atoms with Crippen LogP contribution in [0.4, 0.5) is 0 Å². The van der Waals surface area contributed by atoms with E-state index in [1.54, 1.807) is 4.90 Å². The number of hydrogen-bond acceptors (Lipinski definition) is 4. The number of nitrogens with two attached hydrogens (primary N) is 1. The number of nitrogens with zero attached hydrogens (tertiary/aromatic N) is 1. The fourth-order valence-electron chi connectivity index (χ4n) is 2.22. The molecule has 2 N–H and O–H groups in total. The molecule has 5 nitrogen and oxygen atoms in total. The summed E-state index contributed by atoms with van der Waals surface area (Å²) in [5, 5.41) is 0. The maximum atomic E-state index is 11.9. The molecule has 6 heteroatoms. The van der Waals surface area contributed by atoms with E-state index in [9.17, 15) is 13.2 Å². The normalized spacial score (nSPS) is 25.9. The van der Waals surface area contributed by atoms with Gasteiger partial charge in [0.15, 0.2) is 0 Å². The number of carbonyl (C=O) groups is 1. The van der Waals surface area contributed by atoms with Gasteiger partial charge in [-0.25, -0.2) is 8.42 Å². The average molecular weight is 262 g/mol. The topological polar surface area (TPSA) is 80.5 Å². The maximum Gasteiger partial charge on any atom is 0.223 e. The molecule has 17 heavy (non-hydrogen) atoms. The molecule has 1 amide bonds. The second-order valence-electron chi connectivity index (χ2n) is 4.99. The Labute approximate surface area is 103 Å². The highest BCUT2D eigenvalue weighted by Gasteiger charge is 2.28. The van der Waals surface area contributed by atoms with E-state index >= 15 is 0 Å². The second-order valence-corrected chi connectivity index (χ2v) is 7.25. The Balaban J connectivity index is 2.55. The van der Waals surface area contributed by atoms with Crippen molar-refractivity contribution in [3.63, 3.8) is 0 Å². The van der Waals surface area contributed by atoms with Gasteiger partial charge in [-0.05, 0) is 18.8 Å². The Morgan fingerprint density at radius 1 is 1.47 bits per heavy atom. The summed E-state index contributed by atoms with van der Waals surface area (Å²) >= 11 is 0. The monoisotopic (exact) mass is 262 g/mol. The third kappa shape index (κ3) is 4.63. The Morgan fingerprint density at radius 2 is 2.12 bits per heavy atom. The van der Waals surface area contributed by atoms with E-state index in [2.05, 4.69) is 6.92 Å². The van der Waals surface area contributed by atoms with Crippen LogP contribution in [0.5, 0.6) is 0 Å². The van der Waals surface area contributed by atoms with Crippen molar-refractivity contribution in [2.45, 2.75) is 32.2 Å². The summed E-state index contributed by atoms with van der Waals surface area (Å²) in [4.78, 5) is 13.7. The zero-order chi connectivity index (χ0) is 13.1. The van der Waals surface area contributed by atoms with Gasteiger partial charge in [-0.1, -0.05) is 6.92 Å². The van der Waals surface area contributed by atoms with Gasteiger partial charge in [-0.3, -0.25) is 4.79 Å². The van der Waals surface area contributed by atoms with Crippen LogP contribution >= 0.6 is 0 Å². The summed E-state index contributed by atoms with van der Waals surface area (Å²) in [6, 6.07) is 0.0748. The van der Waals surface area contributed by atoms with Gasteiger partial charge in [0.1, 0.15) is 9.84 Å². The molecule has 0 spiro atoms. The van der Waals surface area contributed by atoms with Crippen molar-refractivity contribution in [2.24, 2.45) is 11.7 Å². The van der Waals surface area contributed by atoms with Gasteiger partial charge < -0.3 is 10.6 Å². The lowest BCUT2D eigenvalue weighted by molar-refractivity contribution is -0.134. The summed E-state index contributed by atoms with van der Waals surface area (Å²) in [6.45, 7) is 3.31. The van der Waals surface area contributed by atoms with Crippen molar-refractivity contribution in [1.82, 2.24) is 4.90 Å².